The SMILES string of the molecule is O=C(N/N=C/c1ccc2ccccc2c1)c1cccc(O)c1. The normalized spacial score (nSPS) is 10.9. The molecule has 0 saturated carbocycles. The molecule has 0 aliphatic rings. The van der Waals surface area contributed by atoms with Crippen molar-refractivity contribution in [3.05, 3.63) is 77.9 Å². The second-order valence-corrected chi connectivity index (χ2v) is 4.86. The molecule has 0 radical (unpaired) electrons. The van der Waals surface area contributed by atoms with Gasteiger partial charge in [-0.1, -0.05) is 42.5 Å². The van der Waals surface area contributed by atoms with Crippen LogP contribution in [0.25, 0.3) is 10.8 Å². The molecule has 3 rings (SSSR count). The van der Waals surface area contributed by atoms with Gasteiger partial charge in [-0.25, -0.2) is 5.43 Å². The fourth-order valence-electron chi connectivity index (χ4n) is 2.17. The van der Waals surface area contributed by atoms with Crippen LogP contribution >= 0.6 is 0 Å². The molecule has 0 heterocycles. The maximum absolute atomic E-state index is 11.9. The van der Waals surface area contributed by atoms with E-state index in [9.17, 15) is 9.90 Å². The van der Waals surface area contributed by atoms with Gasteiger partial charge in [-0.2, -0.15) is 5.10 Å². The average Bonchev–Trinajstić information content (AvgIpc) is 2.54. The zero-order valence-electron chi connectivity index (χ0n) is 11.7. The van der Waals surface area contributed by atoms with Crippen molar-refractivity contribution in [3.63, 3.8) is 0 Å². The summed E-state index contributed by atoms with van der Waals surface area (Å²) in [6.07, 6.45) is 1.59. The number of nitrogens with one attached hydrogen (secondary N) is 1. The summed E-state index contributed by atoms with van der Waals surface area (Å²) in [6, 6.07) is 20.1. The minimum atomic E-state index is -0.368. The van der Waals surface area contributed by atoms with Crippen LogP contribution in [0.5, 0.6) is 5.75 Å². The number of hydrazone groups is 1. The molecular formula is C18H14N2O2. The van der Waals surface area contributed by atoms with Gasteiger partial charge < -0.3 is 5.11 Å². The summed E-state index contributed by atoms with van der Waals surface area (Å²) in [5.74, 6) is -0.320. The van der Waals surface area contributed by atoms with E-state index in [1.54, 1.807) is 18.3 Å². The van der Waals surface area contributed by atoms with Gasteiger partial charge in [0.25, 0.3) is 5.91 Å². The molecule has 4 heteroatoms. The Morgan fingerprint density at radius 3 is 2.59 bits per heavy atom. The molecule has 0 aliphatic carbocycles. The van der Waals surface area contributed by atoms with E-state index in [-0.39, 0.29) is 11.7 Å². The van der Waals surface area contributed by atoms with Crippen molar-refractivity contribution >= 4 is 22.9 Å². The molecule has 0 spiro atoms. The summed E-state index contributed by atoms with van der Waals surface area (Å²) < 4.78 is 0. The second-order valence-electron chi connectivity index (χ2n) is 4.86. The first-order valence-electron chi connectivity index (χ1n) is 6.83. The monoisotopic (exact) mass is 290 g/mol. The first-order chi connectivity index (χ1) is 10.7. The second kappa shape index (κ2) is 6.10. The summed E-state index contributed by atoms with van der Waals surface area (Å²) in [5, 5.41) is 15.6. The van der Waals surface area contributed by atoms with Gasteiger partial charge in [0.1, 0.15) is 5.75 Å². The first-order valence-corrected chi connectivity index (χ1v) is 6.83. The summed E-state index contributed by atoms with van der Waals surface area (Å²) in [7, 11) is 0. The van der Waals surface area contributed by atoms with Crippen LogP contribution in [0.4, 0.5) is 0 Å². The number of amides is 1. The van der Waals surface area contributed by atoms with Gasteiger partial charge in [0.2, 0.25) is 0 Å². The Hall–Kier alpha value is -3.14. The molecule has 4 nitrogen and oxygen atoms in total. The molecule has 3 aromatic carbocycles. The summed E-state index contributed by atoms with van der Waals surface area (Å²) in [6.45, 7) is 0. The molecule has 108 valence electrons. The molecule has 0 aliphatic heterocycles. The predicted molar refractivity (Wildman–Crippen MR) is 87.1 cm³/mol. The standard InChI is InChI=1S/C18H14N2O2/c21-17-7-3-6-16(11-17)18(22)20-19-12-13-8-9-14-4-1-2-5-15(14)10-13/h1-12,21H,(H,20,22)/b19-12+. The van der Waals surface area contributed by atoms with Crippen molar-refractivity contribution in [2.75, 3.05) is 0 Å². The van der Waals surface area contributed by atoms with Crippen molar-refractivity contribution in [1.82, 2.24) is 5.43 Å². The number of rotatable bonds is 3. The highest BCUT2D eigenvalue weighted by Crippen LogP contribution is 2.14. The minimum absolute atomic E-state index is 0.0474. The smallest absolute Gasteiger partial charge is 0.271 e. The van der Waals surface area contributed by atoms with Crippen LogP contribution in [-0.4, -0.2) is 17.2 Å². The van der Waals surface area contributed by atoms with Crippen LogP contribution < -0.4 is 5.43 Å². The topological polar surface area (TPSA) is 61.7 Å². The zero-order valence-corrected chi connectivity index (χ0v) is 11.7. The van der Waals surface area contributed by atoms with Crippen LogP contribution in [0.2, 0.25) is 0 Å². The number of hydrogen-bond acceptors (Lipinski definition) is 3. The maximum Gasteiger partial charge on any atom is 0.271 e. The van der Waals surface area contributed by atoms with Crippen LogP contribution in [0.3, 0.4) is 0 Å². The Labute approximate surface area is 127 Å². The molecule has 3 aromatic rings. The van der Waals surface area contributed by atoms with E-state index in [2.05, 4.69) is 10.5 Å². The minimum Gasteiger partial charge on any atom is -0.508 e. The van der Waals surface area contributed by atoms with Crippen LogP contribution in [0, 0.1) is 0 Å². The van der Waals surface area contributed by atoms with E-state index in [4.69, 9.17) is 0 Å². The fraction of sp³-hybridized carbons (Fsp3) is 0. The number of hydrogen-bond donors (Lipinski definition) is 2. The molecule has 0 atom stereocenters. The highest BCUT2D eigenvalue weighted by atomic mass is 16.3. The van der Waals surface area contributed by atoms with Gasteiger partial charge in [0.15, 0.2) is 0 Å². The van der Waals surface area contributed by atoms with Crippen molar-refractivity contribution in [1.29, 1.82) is 0 Å². The number of carbonyl (C=O) groups is 1. The molecule has 0 aromatic heterocycles. The molecule has 1 amide bonds. The number of benzene rings is 3. The molecule has 2 N–H and O–H groups in total. The molecule has 0 unspecified atom stereocenters. The van der Waals surface area contributed by atoms with Crippen LogP contribution in [-0.2, 0) is 0 Å². The lowest BCUT2D eigenvalue weighted by molar-refractivity contribution is 0.0954. The molecule has 0 saturated heterocycles. The van der Waals surface area contributed by atoms with Gasteiger partial charge in [-0.05, 0) is 40.6 Å². The summed E-state index contributed by atoms with van der Waals surface area (Å²) >= 11 is 0. The number of phenols is 1. The number of fused-ring (bicyclic) bond motifs is 1. The lowest BCUT2D eigenvalue weighted by atomic mass is 10.1. The van der Waals surface area contributed by atoms with E-state index < -0.39 is 0 Å². The third kappa shape index (κ3) is 3.12. The van der Waals surface area contributed by atoms with E-state index in [1.165, 1.54) is 12.1 Å². The largest absolute Gasteiger partial charge is 0.508 e. The lowest BCUT2D eigenvalue weighted by Crippen LogP contribution is -2.17. The Kier molecular flexibility index (Phi) is 3.83. The van der Waals surface area contributed by atoms with Gasteiger partial charge in [0, 0.05) is 5.56 Å². The van der Waals surface area contributed by atoms with Crippen LogP contribution in [0.15, 0.2) is 71.8 Å². The number of carbonyl (C=O) groups excluding carboxylic acids is 1. The van der Waals surface area contributed by atoms with Crippen molar-refractivity contribution in [2.45, 2.75) is 0 Å². The third-order valence-corrected chi connectivity index (χ3v) is 3.26. The Balaban J connectivity index is 1.72. The molecule has 0 fully saturated rings. The first kappa shape index (κ1) is 13.8. The van der Waals surface area contributed by atoms with Gasteiger partial charge >= 0.3 is 0 Å². The quantitative estimate of drug-likeness (QED) is 0.574. The molecule has 0 bridgehead atoms. The highest BCUT2D eigenvalue weighted by Gasteiger charge is 2.04. The fourth-order valence-corrected chi connectivity index (χ4v) is 2.17. The van der Waals surface area contributed by atoms with Crippen molar-refractivity contribution < 1.29 is 9.90 Å². The Morgan fingerprint density at radius 2 is 1.77 bits per heavy atom. The third-order valence-electron chi connectivity index (χ3n) is 3.26. The van der Waals surface area contributed by atoms with Gasteiger partial charge in [-0.15, -0.1) is 0 Å². The van der Waals surface area contributed by atoms with Crippen molar-refractivity contribution in [2.24, 2.45) is 5.10 Å². The van der Waals surface area contributed by atoms with E-state index in [0.29, 0.717) is 5.56 Å². The Morgan fingerprint density at radius 1 is 0.955 bits per heavy atom. The lowest BCUT2D eigenvalue weighted by Gasteiger charge is -2.01. The van der Waals surface area contributed by atoms with E-state index in [0.717, 1.165) is 16.3 Å². The van der Waals surface area contributed by atoms with Crippen molar-refractivity contribution in [3.8, 4) is 5.75 Å². The number of aromatic hydroxyl groups is 1. The summed E-state index contributed by atoms with van der Waals surface area (Å²) in [4.78, 5) is 11.9. The predicted octanol–water partition coefficient (Wildman–Crippen LogP) is 3.31. The van der Waals surface area contributed by atoms with Crippen LogP contribution in [0.1, 0.15) is 15.9 Å². The average molecular weight is 290 g/mol. The number of phenolic OH excluding ortho intramolecular Hbond substituents is 1. The van der Waals surface area contributed by atoms with Gasteiger partial charge in [-0.3, -0.25) is 4.79 Å². The zero-order chi connectivity index (χ0) is 15.4. The van der Waals surface area contributed by atoms with E-state index >= 15 is 0 Å². The highest BCUT2D eigenvalue weighted by molar-refractivity contribution is 5.95. The van der Waals surface area contributed by atoms with Gasteiger partial charge in [0.05, 0.1) is 6.21 Å². The molecular weight excluding hydrogens is 276 g/mol. The molecule has 22 heavy (non-hydrogen) atoms. The maximum atomic E-state index is 11.9. The Bertz CT molecular complexity index is 856. The summed E-state index contributed by atoms with van der Waals surface area (Å²) in [5.41, 5.74) is 3.70. The van der Waals surface area contributed by atoms with E-state index in [1.807, 2.05) is 42.5 Å². The number of nitrogens with zero attached hydrogens (tertiary/aromatic N) is 1.